The topological polar surface area (TPSA) is 94.6 Å². The van der Waals surface area contributed by atoms with Gasteiger partial charge in [-0.15, -0.1) is 11.3 Å². The quantitative estimate of drug-likeness (QED) is 0.750. The fourth-order valence-electron chi connectivity index (χ4n) is 4.57. The predicted octanol–water partition coefficient (Wildman–Crippen LogP) is 2.40. The maximum atomic E-state index is 13.1. The summed E-state index contributed by atoms with van der Waals surface area (Å²) in [6.07, 6.45) is 8.97. The summed E-state index contributed by atoms with van der Waals surface area (Å²) < 4.78 is 0. The average molecular weight is 406 g/mol. The van der Waals surface area contributed by atoms with Gasteiger partial charge in [0.2, 0.25) is 5.91 Å². The van der Waals surface area contributed by atoms with Crippen molar-refractivity contribution in [3.05, 3.63) is 11.6 Å². The van der Waals surface area contributed by atoms with Gasteiger partial charge in [-0.25, -0.2) is 14.7 Å². The van der Waals surface area contributed by atoms with Crippen molar-refractivity contribution in [2.24, 2.45) is 5.92 Å². The molecule has 3 heterocycles. The molecule has 2 saturated heterocycles. The molecular weight excluding hydrogens is 378 g/mol. The highest BCUT2D eigenvalue weighted by Gasteiger charge is 2.51. The molecule has 1 unspecified atom stereocenters. The molecule has 152 valence electrons. The Morgan fingerprint density at radius 1 is 1.25 bits per heavy atom. The lowest BCUT2D eigenvalue weighted by atomic mass is 9.90. The van der Waals surface area contributed by atoms with Crippen LogP contribution in [0.2, 0.25) is 0 Å². The van der Waals surface area contributed by atoms with Crippen molar-refractivity contribution in [3.8, 4) is 0 Å². The van der Waals surface area contributed by atoms with E-state index in [1.54, 1.807) is 6.20 Å². The number of amides is 4. The van der Waals surface area contributed by atoms with Crippen LogP contribution in [-0.4, -0.2) is 57.9 Å². The average Bonchev–Trinajstić information content (AvgIpc) is 3.18. The molecule has 2 aliphatic heterocycles. The predicted molar refractivity (Wildman–Crippen MR) is 106 cm³/mol. The third-order valence-corrected chi connectivity index (χ3v) is 6.77. The third-order valence-electron chi connectivity index (χ3n) is 6.08. The molecule has 0 radical (unpaired) electrons. The summed E-state index contributed by atoms with van der Waals surface area (Å²) in [7, 11) is 0. The van der Waals surface area contributed by atoms with E-state index >= 15 is 0 Å². The van der Waals surface area contributed by atoms with E-state index in [9.17, 15) is 14.4 Å². The molecule has 4 amide bonds. The van der Waals surface area contributed by atoms with Crippen molar-refractivity contribution >= 4 is 34.3 Å². The second-order valence-electron chi connectivity index (χ2n) is 8.04. The van der Waals surface area contributed by atoms with Crippen LogP contribution < -0.4 is 10.6 Å². The van der Waals surface area contributed by atoms with Crippen LogP contribution in [0, 0.1) is 5.92 Å². The molecule has 0 bridgehead atoms. The van der Waals surface area contributed by atoms with Gasteiger partial charge in [0, 0.05) is 18.1 Å². The Morgan fingerprint density at radius 3 is 2.75 bits per heavy atom. The molecule has 1 saturated carbocycles. The second-order valence-corrected chi connectivity index (χ2v) is 8.94. The van der Waals surface area contributed by atoms with E-state index in [1.807, 2.05) is 10.3 Å². The van der Waals surface area contributed by atoms with E-state index in [1.165, 1.54) is 16.2 Å². The molecule has 3 fully saturated rings. The van der Waals surface area contributed by atoms with E-state index in [2.05, 4.69) is 15.6 Å². The minimum atomic E-state index is -0.703. The van der Waals surface area contributed by atoms with Crippen LogP contribution in [0.15, 0.2) is 11.6 Å². The first-order chi connectivity index (χ1) is 13.6. The zero-order valence-electron chi connectivity index (χ0n) is 16.0. The Kier molecular flexibility index (Phi) is 5.63. The number of carbonyl (C=O) groups is 3. The molecule has 9 heteroatoms. The summed E-state index contributed by atoms with van der Waals surface area (Å²) in [4.78, 5) is 45.6. The lowest BCUT2D eigenvalue weighted by Crippen LogP contribution is -2.49. The highest BCUT2D eigenvalue weighted by Crippen LogP contribution is 2.33. The Labute approximate surface area is 168 Å². The molecule has 28 heavy (non-hydrogen) atoms. The highest BCUT2D eigenvalue weighted by molar-refractivity contribution is 7.13. The summed E-state index contributed by atoms with van der Waals surface area (Å²) in [5.74, 6) is -0.295. The van der Waals surface area contributed by atoms with Crippen LogP contribution in [0.5, 0.6) is 0 Å². The highest BCUT2D eigenvalue weighted by atomic mass is 32.1. The van der Waals surface area contributed by atoms with Crippen LogP contribution in [0.25, 0.3) is 0 Å². The summed E-state index contributed by atoms with van der Waals surface area (Å²) >= 11 is 1.39. The van der Waals surface area contributed by atoms with Crippen LogP contribution in [0.3, 0.4) is 0 Å². The van der Waals surface area contributed by atoms with Gasteiger partial charge < -0.3 is 10.6 Å². The van der Waals surface area contributed by atoms with Gasteiger partial charge in [0.05, 0.1) is 12.6 Å². The van der Waals surface area contributed by atoms with Crippen molar-refractivity contribution < 1.29 is 14.4 Å². The van der Waals surface area contributed by atoms with Crippen molar-refractivity contribution in [3.63, 3.8) is 0 Å². The number of rotatable bonds is 4. The molecule has 1 spiro atoms. The van der Waals surface area contributed by atoms with Gasteiger partial charge in [0.1, 0.15) is 5.54 Å². The van der Waals surface area contributed by atoms with Crippen LogP contribution in [-0.2, 0) is 9.59 Å². The minimum absolute atomic E-state index is 0.0444. The van der Waals surface area contributed by atoms with Crippen molar-refractivity contribution in [2.45, 2.75) is 56.9 Å². The number of nitrogens with zero attached hydrogens (tertiary/aromatic N) is 3. The summed E-state index contributed by atoms with van der Waals surface area (Å²) in [6.45, 7) is 1.58. The molecule has 8 nitrogen and oxygen atoms in total. The van der Waals surface area contributed by atoms with Crippen molar-refractivity contribution in [1.29, 1.82) is 0 Å². The molecule has 4 rings (SSSR count). The number of imide groups is 1. The molecule has 1 aromatic rings. The Bertz CT molecular complexity index is 730. The van der Waals surface area contributed by atoms with Gasteiger partial charge in [0.15, 0.2) is 5.13 Å². The smallest absolute Gasteiger partial charge is 0.323 e. The normalized spacial score (nSPS) is 25.6. The fourth-order valence-corrected chi connectivity index (χ4v) is 5.10. The Morgan fingerprint density at radius 2 is 2.04 bits per heavy atom. The third kappa shape index (κ3) is 3.91. The van der Waals surface area contributed by atoms with Gasteiger partial charge in [-0.05, 0) is 32.2 Å². The fraction of sp³-hybridized carbons (Fsp3) is 0.684. The van der Waals surface area contributed by atoms with Gasteiger partial charge in [-0.2, -0.15) is 0 Å². The molecule has 3 aliphatic rings. The van der Waals surface area contributed by atoms with Gasteiger partial charge in [-0.1, -0.05) is 25.7 Å². The molecule has 2 N–H and O–H groups in total. The zero-order chi connectivity index (χ0) is 19.6. The summed E-state index contributed by atoms with van der Waals surface area (Å²) in [6, 6.07) is -0.290. The second kappa shape index (κ2) is 8.16. The molecule has 1 aliphatic carbocycles. The lowest BCUT2D eigenvalue weighted by Gasteiger charge is -2.34. The number of urea groups is 1. The zero-order valence-corrected chi connectivity index (χ0v) is 16.8. The van der Waals surface area contributed by atoms with Crippen LogP contribution in [0.1, 0.15) is 51.4 Å². The van der Waals surface area contributed by atoms with E-state index < -0.39 is 5.54 Å². The van der Waals surface area contributed by atoms with Crippen molar-refractivity contribution in [2.75, 3.05) is 25.1 Å². The molecule has 0 aromatic carbocycles. The SMILES string of the molecule is O=C(Nc1nccs1)C1CCCN(CN2C(=O)NC3(CCCCCC3)C2=O)C1. The number of anilines is 1. The standard InChI is InChI=1S/C19H27N5O3S/c25-15(21-17-20-9-11-28-17)14-6-5-10-23(12-14)13-24-16(26)19(22-18(24)27)7-3-1-2-4-8-19/h9,11,14H,1-8,10,12-13H2,(H,22,27)(H,20,21,25). The number of likely N-dealkylation sites (tertiary alicyclic amines) is 1. The van der Waals surface area contributed by atoms with E-state index in [4.69, 9.17) is 0 Å². The van der Waals surface area contributed by atoms with Crippen LogP contribution >= 0.6 is 11.3 Å². The number of carbonyl (C=O) groups excluding carboxylic acids is 3. The lowest BCUT2D eigenvalue weighted by molar-refractivity contribution is -0.133. The maximum Gasteiger partial charge on any atom is 0.326 e. The van der Waals surface area contributed by atoms with E-state index in [0.29, 0.717) is 11.7 Å². The number of nitrogens with one attached hydrogen (secondary N) is 2. The summed E-state index contributed by atoms with van der Waals surface area (Å²) in [5, 5.41) is 8.27. The first-order valence-corrected chi connectivity index (χ1v) is 11.0. The molecule has 1 aromatic heterocycles. The van der Waals surface area contributed by atoms with Crippen molar-refractivity contribution in [1.82, 2.24) is 20.1 Å². The Hall–Kier alpha value is -2.00. The number of hydrogen-bond acceptors (Lipinski definition) is 6. The largest absolute Gasteiger partial charge is 0.326 e. The first-order valence-electron chi connectivity index (χ1n) is 10.1. The maximum absolute atomic E-state index is 13.1. The monoisotopic (exact) mass is 405 g/mol. The van der Waals surface area contributed by atoms with Crippen LogP contribution in [0.4, 0.5) is 9.93 Å². The molecule has 1 atom stereocenters. The first kappa shape index (κ1) is 19.3. The van der Waals surface area contributed by atoms with Gasteiger partial charge in [0.25, 0.3) is 5.91 Å². The summed E-state index contributed by atoms with van der Waals surface area (Å²) in [5.41, 5.74) is -0.703. The number of hydrogen-bond donors (Lipinski definition) is 2. The van der Waals surface area contributed by atoms with E-state index in [0.717, 1.165) is 57.9 Å². The minimum Gasteiger partial charge on any atom is -0.323 e. The number of piperidine rings is 1. The molecular formula is C19H27N5O3S. The van der Waals surface area contributed by atoms with Gasteiger partial charge >= 0.3 is 6.03 Å². The van der Waals surface area contributed by atoms with E-state index in [-0.39, 0.29) is 30.4 Å². The van der Waals surface area contributed by atoms with Gasteiger partial charge in [-0.3, -0.25) is 14.5 Å². The number of aromatic nitrogens is 1. The number of thiazole rings is 1. The Balaban J connectivity index is 1.37.